The molecule has 13 heavy (non-hydrogen) atoms. The molecule has 0 saturated carbocycles. The molecule has 2 nitrogen and oxygen atoms in total. The van der Waals surface area contributed by atoms with Crippen LogP contribution in [0.3, 0.4) is 0 Å². The summed E-state index contributed by atoms with van der Waals surface area (Å²) in [5.74, 6) is 0.566. The summed E-state index contributed by atoms with van der Waals surface area (Å²) in [7, 11) is 1.55. The highest BCUT2D eigenvalue weighted by molar-refractivity contribution is 5.38. The number of allylic oxidation sites excluding steroid dienone is 6. The van der Waals surface area contributed by atoms with Gasteiger partial charge in [-0.3, -0.25) is 0 Å². The van der Waals surface area contributed by atoms with E-state index in [-0.39, 0.29) is 0 Å². The van der Waals surface area contributed by atoms with Gasteiger partial charge >= 0.3 is 0 Å². The molecule has 0 radical (unpaired) electrons. The highest BCUT2D eigenvalue weighted by Crippen LogP contribution is 2.13. The van der Waals surface area contributed by atoms with Gasteiger partial charge in [0.1, 0.15) is 11.9 Å². The third-order valence-corrected chi connectivity index (χ3v) is 1.80. The van der Waals surface area contributed by atoms with Crippen molar-refractivity contribution in [2.75, 3.05) is 7.11 Å². The van der Waals surface area contributed by atoms with Crippen LogP contribution in [0.25, 0.3) is 0 Å². The molecule has 1 N–H and O–H groups in total. The molecule has 1 atom stereocenters. The first-order valence-electron chi connectivity index (χ1n) is 4.22. The van der Waals surface area contributed by atoms with Crippen molar-refractivity contribution in [3.63, 3.8) is 0 Å². The van der Waals surface area contributed by atoms with Gasteiger partial charge in [-0.05, 0) is 24.6 Å². The van der Waals surface area contributed by atoms with E-state index >= 15 is 0 Å². The van der Waals surface area contributed by atoms with E-state index < -0.39 is 6.10 Å². The maximum atomic E-state index is 9.50. The topological polar surface area (TPSA) is 29.5 Å². The summed E-state index contributed by atoms with van der Waals surface area (Å²) < 4.78 is 5.00. The van der Waals surface area contributed by atoms with Gasteiger partial charge in [0.2, 0.25) is 0 Å². The molecule has 0 fully saturated rings. The maximum absolute atomic E-state index is 9.50. The minimum absolute atomic E-state index is 0.566. The number of aliphatic hydroxyl groups excluding tert-OH is 1. The van der Waals surface area contributed by atoms with E-state index in [0.717, 1.165) is 5.57 Å². The lowest BCUT2D eigenvalue weighted by atomic mass is 10.2. The van der Waals surface area contributed by atoms with Crippen molar-refractivity contribution in [1.82, 2.24) is 0 Å². The lowest BCUT2D eigenvalue weighted by Gasteiger charge is -2.07. The fourth-order valence-electron chi connectivity index (χ4n) is 1.12. The molecule has 0 aromatic rings. The van der Waals surface area contributed by atoms with Crippen molar-refractivity contribution in [3.8, 4) is 0 Å². The molecule has 1 unspecified atom stereocenters. The molecule has 70 valence electrons. The second kappa shape index (κ2) is 4.67. The number of ether oxygens (including phenoxy) is 1. The summed E-state index contributed by atoms with van der Waals surface area (Å²) in [4.78, 5) is 0. The molecule has 1 aliphatic rings. The molecule has 1 aliphatic carbocycles. The van der Waals surface area contributed by atoms with Gasteiger partial charge in [0.25, 0.3) is 0 Å². The molecule has 0 bridgehead atoms. The van der Waals surface area contributed by atoms with Crippen LogP contribution < -0.4 is 0 Å². The molecular formula is C11H14O2. The van der Waals surface area contributed by atoms with Crippen molar-refractivity contribution in [1.29, 1.82) is 0 Å². The average Bonchev–Trinajstić information content (AvgIpc) is 2.30. The summed E-state index contributed by atoms with van der Waals surface area (Å²) in [6.45, 7) is 1.96. The van der Waals surface area contributed by atoms with E-state index in [1.54, 1.807) is 19.3 Å². The molecule has 0 aromatic heterocycles. The predicted octanol–water partition coefficient (Wildman–Crippen LogP) is 1.95. The Labute approximate surface area is 78.5 Å². The number of rotatable bonds is 2. The van der Waals surface area contributed by atoms with Crippen molar-refractivity contribution in [2.24, 2.45) is 0 Å². The van der Waals surface area contributed by atoms with E-state index in [1.807, 2.05) is 31.2 Å². The van der Waals surface area contributed by atoms with Gasteiger partial charge in [0, 0.05) is 0 Å². The Morgan fingerprint density at radius 2 is 2.23 bits per heavy atom. The van der Waals surface area contributed by atoms with E-state index in [4.69, 9.17) is 4.74 Å². The largest absolute Gasteiger partial charge is 0.498 e. The van der Waals surface area contributed by atoms with Gasteiger partial charge in [-0.2, -0.15) is 0 Å². The molecule has 0 amide bonds. The lowest BCUT2D eigenvalue weighted by molar-refractivity contribution is 0.161. The monoisotopic (exact) mass is 178 g/mol. The highest BCUT2D eigenvalue weighted by Gasteiger charge is 2.08. The first-order valence-corrected chi connectivity index (χ1v) is 4.22. The minimum atomic E-state index is -0.635. The number of hydrogen-bond acceptors (Lipinski definition) is 2. The highest BCUT2D eigenvalue weighted by atomic mass is 16.5. The first-order chi connectivity index (χ1) is 6.27. The number of aliphatic hydroxyl groups is 1. The Morgan fingerprint density at radius 1 is 1.46 bits per heavy atom. The second-order valence-electron chi connectivity index (χ2n) is 2.74. The summed E-state index contributed by atoms with van der Waals surface area (Å²) in [6, 6.07) is 0. The van der Waals surface area contributed by atoms with Gasteiger partial charge in [-0.25, -0.2) is 0 Å². The first kappa shape index (κ1) is 9.81. The van der Waals surface area contributed by atoms with Crippen LogP contribution in [0.5, 0.6) is 0 Å². The Balaban J connectivity index is 2.89. The van der Waals surface area contributed by atoms with Gasteiger partial charge in [0.15, 0.2) is 0 Å². The van der Waals surface area contributed by atoms with Gasteiger partial charge in [-0.1, -0.05) is 24.3 Å². The van der Waals surface area contributed by atoms with Crippen molar-refractivity contribution in [2.45, 2.75) is 13.0 Å². The van der Waals surface area contributed by atoms with Crippen LogP contribution >= 0.6 is 0 Å². The molecule has 0 heterocycles. The predicted molar refractivity (Wildman–Crippen MR) is 53.1 cm³/mol. The van der Waals surface area contributed by atoms with Crippen molar-refractivity contribution < 1.29 is 9.84 Å². The minimum Gasteiger partial charge on any atom is -0.498 e. The molecule has 0 aliphatic heterocycles. The van der Waals surface area contributed by atoms with Crippen LogP contribution in [-0.4, -0.2) is 18.3 Å². The zero-order valence-corrected chi connectivity index (χ0v) is 7.90. The van der Waals surface area contributed by atoms with Crippen LogP contribution in [0.15, 0.2) is 47.8 Å². The molecule has 0 saturated heterocycles. The number of hydrogen-bond donors (Lipinski definition) is 1. The maximum Gasteiger partial charge on any atom is 0.129 e. The third kappa shape index (κ3) is 2.60. The van der Waals surface area contributed by atoms with E-state index in [0.29, 0.717) is 5.76 Å². The zero-order chi connectivity index (χ0) is 9.68. The summed E-state index contributed by atoms with van der Waals surface area (Å²) >= 11 is 0. The van der Waals surface area contributed by atoms with Gasteiger partial charge in [0.05, 0.1) is 7.11 Å². The lowest BCUT2D eigenvalue weighted by Crippen LogP contribution is -2.07. The average molecular weight is 178 g/mol. The Bertz CT molecular complexity index is 282. The van der Waals surface area contributed by atoms with E-state index in [9.17, 15) is 5.11 Å². The SMILES string of the molecule is C/C=C/C1=CC=C(OC)C(O)C=C1. The summed E-state index contributed by atoms with van der Waals surface area (Å²) in [5.41, 5.74) is 1.05. The molecule has 0 aromatic carbocycles. The fourth-order valence-corrected chi connectivity index (χ4v) is 1.12. The molecule has 0 spiro atoms. The third-order valence-electron chi connectivity index (χ3n) is 1.80. The van der Waals surface area contributed by atoms with E-state index in [2.05, 4.69) is 0 Å². The van der Waals surface area contributed by atoms with Gasteiger partial charge in [-0.15, -0.1) is 0 Å². The van der Waals surface area contributed by atoms with Crippen molar-refractivity contribution in [3.05, 3.63) is 47.8 Å². The summed E-state index contributed by atoms with van der Waals surface area (Å²) in [5, 5.41) is 9.50. The zero-order valence-electron chi connectivity index (χ0n) is 7.90. The molecule has 1 rings (SSSR count). The second-order valence-corrected chi connectivity index (χ2v) is 2.74. The molecule has 2 heteroatoms. The van der Waals surface area contributed by atoms with Crippen LogP contribution in [0, 0.1) is 0 Å². The normalized spacial score (nSPS) is 22.5. The van der Waals surface area contributed by atoms with Crippen LogP contribution in [0.2, 0.25) is 0 Å². The van der Waals surface area contributed by atoms with Crippen LogP contribution in [0.1, 0.15) is 6.92 Å². The Hall–Kier alpha value is -1.28. The van der Waals surface area contributed by atoms with Crippen molar-refractivity contribution >= 4 is 0 Å². The smallest absolute Gasteiger partial charge is 0.129 e. The quantitative estimate of drug-likeness (QED) is 0.700. The Morgan fingerprint density at radius 3 is 2.85 bits per heavy atom. The van der Waals surface area contributed by atoms with E-state index in [1.165, 1.54) is 0 Å². The van der Waals surface area contributed by atoms with Crippen LogP contribution in [0.4, 0.5) is 0 Å². The van der Waals surface area contributed by atoms with Gasteiger partial charge < -0.3 is 9.84 Å². The standard InChI is InChI=1S/C11H14O2/c1-3-4-9-5-7-10(12)11(13-2)8-6-9/h3-8,10,12H,1-2H3/b4-3+. The van der Waals surface area contributed by atoms with Crippen LogP contribution in [-0.2, 0) is 4.74 Å². The molecular weight excluding hydrogens is 164 g/mol. The summed E-state index contributed by atoms with van der Waals surface area (Å²) in [6.07, 6.45) is 10.5. The number of methoxy groups -OCH3 is 1. The fraction of sp³-hybridized carbons (Fsp3) is 0.273. The Kier molecular flexibility index (Phi) is 3.53.